The lowest BCUT2D eigenvalue weighted by Crippen LogP contribution is -2.68. The van der Waals surface area contributed by atoms with Gasteiger partial charge in [-0.1, -0.05) is 137 Å². The van der Waals surface area contributed by atoms with Crippen LogP contribution in [0.15, 0.2) is 116 Å². The van der Waals surface area contributed by atoms with Crippen molar-refractivity contribution >= 4 is 28.4 Å². The summed E-state index contributed by atoms with van der Waals surface area (Å²) in [6.07, 6.45) is -5.83. The summed E-state index contributed by atoms with van der Waals surface area (Å²) in [5.74, 6) is -0.234. The molecule has 1 aliphatic carbocycles. The Morgan fingerprint density at radius 3 is 2.02 bits per heavy atom. The molecule has 0 spiro atoms. The molecule has 1 amide bonds. The molecule has 5 atom stereocenters. The van der Waals surface area contributed by atoms with Gasteiger partial charge in [0, 0.05) is 5.92 Å². The van der Waals surface area contributed by atoms with Gasteiger partial charge < -0.3 is 33.4 Å². The van der Waals surface area contributed by atoms with Gasteiger partial charge in [-0.25, -0.2) is 14.2 Å². The van der Waals surface area contributed by atoms with Crippen molar-refractivity contribution < 1.29 is 55.8 Å². The molecule has 2 heterocycles. The van der Waals surface area contributed by atoms with Gasteiger partial charge in [0.25, 0.3) is 0 Å². The maximum Gasteiger partial charge on any atom is 0.509 e. The van der Waals surface area contributed by atoms with Crippen LogP contribution in [0.25, 0.3) is 11.1 Å². The van der Waals surface area contributed by atoms with Gasteiger partial charge in [-0.05, 0) is 57.1 Å². The zero-order valence-corrected chi connectivity index (χ0v) is 37.0. The van der Waals surface area contributed by atoms with E-state index in [-0.39, 0.29) is 50.6 Å². The first kappa shape index (κ1) is 44.4. The number of carbonyl (C=O) groups excluding carboxylic acids is 2. The Bertz CT molecular complexity index is 2140. The van der Waals surface area contributed by atoms with E-state index >= 15 is 0 Å². The molecular formula is C46H54NO12PSi. The number of phosphoric acid groups is 1. The molecule has 0 unspecified atom stereocenters. The SMILES string of the molecule is C=CCOC(=O)O[C@@H]1[C@@H](NC(=O)OCC2c3ccccc3-c3ccccc32)[C@H](O[Si](C)(C)C(C)(C)C)O[C@H](COCc2ccccc2)[C@H]1OP1(=O)OCc2ccccc2CO1. The Hall–Kier alpha value is -4.63. The molecule has 15 heteroatoms. The first-order valence-corrected chi connectivity index (χ1v) is 24.8. The number of ether oxygens (including phenoxy) is 5. The summed E-state index contributed by atoms with van der Waals surface area (Å²) in [4.78, 5) is 27.6. The fourth-order valence-corrected chi connectivity index (χ4v) is 9.81. The number of rotatable bonds is 14. The van der Waals surface area contributed by atoms with Crippen LogP contribution in [0.1, 0.15) is 54.5 Å². The van der Waals surface area contributed by atoms with Crippen LogP contribution in [0.4, 0.5) is 9.59 Å². The molecular weight excluding hydrogens is 818 g/mol. The third-order valence-corrected chi connectivity index (χ3v) is 17.4. The maximum absolute atomic E-state index is 14.6. The normalized spacial score (nSPS) is 22.1. The summed E-state index contributed by atoms with van der Waals surface area (Å²) in [5, 5.41) is 2.58. The second kappa shape index (κ2) is 19.2. The van der Waals surface area contributed by atoms with Gasteiger partial charge in [0.1, 0.15) is 31.5 Å². The molecule has 61 heavy (non-hydrogen) atoms. The number of fused-ring (bicyclic) bond motifs is 4. The Kier molecular flexibility index (Phi) is 14.0. The topological polar surface area (TPSA) is 146 Å². The second-order valence-electron chi connectivity index (χ2n) is 16.7. The van der Waals surface area contributed by atoms with Gasteiger partial charge >= 0.3 is 20.1 Å². The molecule has 1 saturated heterocycles. The summed E-state index contributed by atoms with van der Waals surface area (Å²) in [7, 11) is -7.15. The van der Waals surface area contributed by atoms with Gasteiger partial charge in [-0.2, -0.15) is 0 Å². The van der Waals surface area contributed by atoms with Gasteiger partial charge in [-0.15, -0.1) is 0 Å². The van der Waals surface area contributed by atoms with Crippen molar-refractivity contribution in [3.63, 3.8) is 0 Å². The van der Waals surface area contributed by atoms with Gasteiger partial charge in [0.2, 0.25) is 0 Å². The Labute approximate surface area is 358 Å². The summed E-state index contributed by atoms with van der Waals surface area (Å²) in [6, 6.07) is 31.6. The van der Waals surface area contributed by atoms with Gasteiger partial charge in [0.15, 0.2) is 20.7 Å². The van der Waals surface area contributed by atoms with E-state index in [1.165, 1.54) is 6.08 Å². The van der Waals surface area contributed by atoms with Crippen LogP contribution >= 0.6 is 7.82 Å². The minimum Gasteiger partial charge on any atom is -0.449 e. The van der Waals surface area contributed by atoms with Crippen LogP contribution < -0.4 is 5.32 Å². The maximum atomic E-state index is 14.6. The smallest absolute Gasteiger partial charge is 0.449 e. The number of nitrogens with one attached hydrogen (secondary N) is 1. The summed E-state index contributed by atoms with van der Waals surface area (Å²) >= 11 is 0. The van der Waals surface area contributed by atoms with Crippen molar-refractivity contribution in [3.05, 3.63) is 144 Å². The molecule has 0 radical (unpaired) electrons. The van der Waals surface area contributed by atoms with Crippen LogP contribution in [-0.2, 0) is 66.1 Å². The molecule has 0 bridgehead atoms. The van der Waals surface area contributed by atoms with Crippen LogP contribution in [0.5, 0.6) is 0 Å². The van der Waals surface area contributed by atoms with E-state index in [4.69, 9.17) is 41.7 Å². The fraction of sp³-hybridized carbons (Fsp3) is 0.391. The van der Waals surface area contributed by atoms with Crippen LogP contribution in [0.3, 0.4) is 0 Å². The number of alkyl carbamates (subject to hydrolysis) is 1. The third kappa shape index (κ3) is 10.5. The van der Waals surface area contributed by atoms with Crippen molar-refractivity contribution in [2.24, 2.45) is 0 Å². The molecule has 4 aromatic rings. The molecule has 2 aliphatic heterocycles. The zero-order valence-electron chi connectivity index (χ0n) is 35.2. The molecule has 7 rings (SSSR count). The summed E-state index contributed by atoms with van der Waals surface area (Å²) in [6.45, 7) is 13.6. The number of phosphoric ester groups is 1. The van der Waals surface area contributed by atoms with E-state index in [2.05, 4.69) is 44.8 Å². The number of hydrogen-bond donors (Lipinski definition) is 1. The van der Waals surface area contributed by atoms with E-state index in [1.54, 1.807) is 0 Å². The van der Waals surface area contributed by atoms with Crippen LogP contribution in [-0.4, -0.2) is 71.0 Å². The molecule has 1 fully saturated rings. The highest BCUT2D eigenvalue weighted by atomic mass is 31.2. The number of hydrogen-bond acceptors (Lipinski definition) is 12. The summed E-state index contributed by atoms with van der Waals surface area (Å²) < 4.78 is 69.9. The van der Waals surface area contributed by atoms with E-state index in [1.807, 2.05) is 104 Å². The quantitative estimate of drug-likeness (QED) is 0.0557. The highest BCUT2D eigenvalue weighted by molar-refractivity contribution is 7.48. The molecule has 324 valence electrons. The average molecular weight is 872 g/mol. The molecule has 1 N–H and O–H groups in total. The van der Waals surface area contributed by atoms with E-state index in [0.717, 1.165) is 38.9 Å². The third-order valence-electron chi connectivity index (χ3n) is 11.6. The predicted molar refractivity (Wildman–Crippen MR) is 230 cm³/mol. The lowest BCUT2D eigenvalue weighted by molar-refractivity contribution is -0.250. The number of benzene rings is 4. The van der Waals surface area contributed by atoms with Crippen LogP contribution in [0, 0.1) is 0 Å². The molecule has 0 saturated carbocycles. The lowest BCUT2D eigenvalue weighted by atomic mass is 9.96. The first-order valence-electron chi connectivity index (χ1n) is 20.4. The Balaban J connectivity index is 1.22. The Morgan fingerprint density at radius 2 is 1.41 bits per heavy atom. The van der Waals surface area contributed by atoms with Crippen molar-refractivity contribution in [1.29, 1.82) is 0 Å². The minimum atomic E-state index is -4.43. The van der Waals surface area contributed by atoms with E-state index in [0.29, 0.717) is 0 Å². The standard InChI is InChI=1S/C46H54NO12PSi/c1-7-25-52-45(49)57-42-40(47-44(48)53-29-38-36-23-15-13-21-34(36)35-22-14-16-24-37(35)38)43(59-61(5,6)46(2,3)4)56-39(30-51-26-31-17-9-8-10-18-31)41(42)58-60(50)54-27-32-19-11-12-20-33(32)28-55-60/h7-24,38-43H,1,25-30H2,2-6H3,(H,47,48)/t39-,40-,41-,42-,43+/m1/s1. The second-order valence-corrected chi connectivity index (χ2v) is 23.1. The monoisotopic (exact) mass is 871 g/mol. The Morgan fingerprint density at radius 1 is 0.820 bits per heavy atom. The van der Waals surface area contributed by atoms with Crippen molar-refractivity contribution in [3.8, 4) is 11.1 Å². The van der Waals surface area contributed by atoms with Crippen molar-refractivity contribution in [2.75, 3.05) is 19.8 Å². The summed E-state index contributed by atoms with van der Waals surface area (Å²) in [5.41, 5.74) is 6.64. The fourth-order valence-electron chi connectivity index (χ4n) is 7.32. The molecule has 13 nitrogen and oxygen atoms in total. The van der Waals surface area contributed by atoms with Crippen LogP contribution in [0.2, 0.25) is 18.1 Å². The van der Waals surface area contributed by atoms with Gasteiger partial charge in [-0.3, -0.25) is 13.6 Å². The molecule has 4 aromatic carbocycles. The minimum absolute atomic E-state index is 0.00140. The number of amides is 1. The van der Waals surface area contributed by atoms with Crippen molar-refractivity contribution in [1.82, 2.24) is 5.32 Å². The zero-order chi connectivity index (χ0) is 43.2. The lowest BCUT2D eigenvalue weighted by Gasteiger charge is -2.48. The van der Waals surface area contributed by atoms with E-state index in [9.17, 15) is 14.2 Å². The average Bonchev–Trinajstić information content (AvgIpc) is 3.46. The highest BCUT2D eigenvalue weighted by Gasteiger charge is 2.56. The van der Waals surface area contributed by atoms with Crippen molar-refractivity contribution in [2.45, 2.75) is 95.3 Å². The largest absolute Gasteiger partial charge is 0.509 e. The first-order chi connectivity index (χ1) is 29.2. The molecule has 0 aromatic heterocycles. The van der Waals surface area contributed by atoms with Gasteiger partial charge in [0.05, 0.1) is 26.4 Å². The predicted octanol–water partition coefficient (Wildman–Crippen LogP) is 9.81. The van der Waals surface area contributed by atoms with E-state index < -0.39 is 59.0 Å². The highest BCUT2D eigenvalue weighted by Crippen LogP contribution is 2.55. The molecule has 3 aliphatic rings. The number of carbonyl (C=O) groups is 2.